The van der Waals surface area contributed by atoms with Crippen LogP contribution < -0.4 is 16.2 Å². The number of aryl methyl sites for hydroxylation is 1. The number of nitrogens with zero attached hydrogens (tertiary/aromatic N) is 3. The van der Waals surface area contributed by atoms with Gasteiger partial charge in [-0.1, -0.05) is 18.2 Å². The van der Waals surface area contributed by atoms with Crippen molar-refractivity contribution in [2.45, 2.75) is 44.7 Å². The minimum absolute atomic E-state index is 0.0168. The summed E-state index contributed by atoms with van der Waals surface area (Å²) in [5.74, 6) is -2.23. The molecule has 11 heteroatoms. The second-order valence-electron chi connectivity index (χ2n) is 8.29. The lowest BCUT2D eigenvalue weighted by molar-refractivity contribution is 0.0962. The molecule has 2 N–H and O–H groups in total. The van der Waals surface area contributed by atoms with Gasteiger partial charge in [-0.15, -0.1) is 0 Å². The summed E-state index contributed by atoms with van der Waals surface area (Å²) < 4.78 is 78.2. The average molecular weight is 480 g/mol. The highest BCUT2D eigenvalue weighted by Crippen LogP contribution is 2.43. The highest BCUT2D eigenvalue weighted by Gasteiger charge is 2.46. The van der Waals surface area contributed by atoms with Gasteiger partial charge in [-0.25, -0.2) is 27.5 Å². The SMILES string of the molecule is [2H]C([2H])([2H])NC(=O)c1c(=O)n(C2(CF)CC2)cc2c(N[C@H](C)c3cccc(C(F)F)c3F)nc(C)nc12. The Morgan fingerprint density at radius 2 is 2.00 bits per heavy atom. The Labute approximate surface area is 196 Å². The van der Waals surface area contributed by atoms with Gasteiger partial charge in [0.15, 0.2) is 0 Å². The number of nitrogens with one attached hydrogen (secondary N) is 2. The van der Waals surface area contributed by atoms with Crippen molar-refractivity contribution in [2.75, 3.05) is 19.0 Å². The quantitative estimate of drug-likeness (QED) is 0.496. The van der Waals surface area contributed by atoms with Crippen LogP contribution in [-0.4, -0.2) is 34.1 Å². The summed E-state index contributed by atoms with van der Waals surface area (Å²) in [6, 6.07) is 2.67. The van der Waals surface area contributed by atoms with Gasteiger partial charge in [0.25, 0.3) is 17.9 Å². The predicted octanol–water partition coefficient (Wildman–Crippen LogP) is 4.17. The molecule has 0 bridgehead atoms. The molecule has 1 atom stereocenters. The third-order valence-electron chi connectivity index (χ3n) is 6.03. The second kappa shape index (κ2) is 8.69. The summed E-state index contributed by atoms with van der Waals surface area (Å²) in [5.41, 5.74) is -3.78. The van der Waals surface area contributed by atoms with Crippen LogP contribution in [0, 0.1) is 12.7 Å². The van der Waals surface area contributed by atoms with Gasteiger partial charge < -0.3 is 15.2 Å². The number of anilines is 1. The van der Waals surface area contributed by atoms with Crippen LogP contribution in [0.15, 0.2) is 29.2 Å². The Balaban J connectivity index is 1.91. The molecular weight excluding hydrogens is 454 g/mol. The molecule has 2 aromatic heterocycles. The second-order valence-corrected chi connectivity index (χ2v) is 8.29. The van der Waals surface area contributed by atoms with Crippen molar-refractivity contribution in [3.05, 3.63) is 63.1 Å². The maximum atomic E-state index is 14.8. The fraction of sp³-hybridized carbons (Fsp3) is 0.391. The monoisotopic (exact) mass is 480 g/mol. The van der Waals surface area contributed by atoms with Gasteiger partial charge in [-0.3, -0.25) is 9.59 Å². The highest BCUT2D eigenvalue weighted by atomic mass is 19.3. The number of rotatable bonds is 7. The van der Waals surface area contributed by atoms with Gasteiger partial charge in [0, 0.05) is 22.8 Å². The van der Waals surface area contributed by atoms with E-state index in [4.69, 9.17) is 4.11 Å². The molecule has 1 aromatic carbocycles. The highest BCUT2D eigenvalue weighted by molar-refractivity contribution is 6.07. The number of carbonyl (C=O) groups is 1. The zero-order chi connectivity index (χ0) is 27.3. The molecule has 4 rings (SSSR count). The smallest absolute Gasteiger partial charge is 0.266 e. The van der Waals surface area contributed by atoms with Crippen molar-refractivity contribution in [3.63, 3.8) is 0 Å². The topological polar surface area (TPSA) is 88.9 Å². The van der Waals surface area contributed by atoms with E-state index < -0.39 is 60.1 Å². The maximum absolute atomic E-state index is 14.8. The zero-order valence-electron chi connectivity index (χ0n) is 21.3. The van der Waals surface area contributed by atoms with Crippen molar-refractivity contribution < 1.29 is 26.5 Å². The standard InChI is InChI=1S/C23H23F4N5O2/c1-11(13-5-4-6-14(17(13)25)19(26)27)29-20-15-9-32(23(10-24)7-8-23)22(34)16(21(33)28-3)18(15)30-12(2)31-20/h4-6,9,11,19H,7-8,10H2,1-3H3,(H,28,33)(H,29,30,31)/t11-/m1/s1/i3D3. The molecule has 0 aliphatic heterocycles. The lowest BCUT2D eigenvalue weighted by Gasteiger charge is -2.21. The Hall–Kier alpha value is -3.50. The summed E-state index contributed by atoms with van der Waals surface area (Å²) in [5, 5.41) is 4.75. The molecule has 1 saturated carbocycles. The molecule has 34 heavy (non-hydrogen) atoms. The minimum Gasteiger partial charge on any atom is -0.363 e. The maximum Gasteiger partial charge on any atom is 0.266 e. The summed E-state index contributed by atoms with van der Waals surface area (Å²) in [7, 11) is 0. The Bertz CT molecular complexity index is 1440. The van der Waals surface area contributed by atoms with Gasteiger partial charge >= 0.3 is 0 Å². The minimum atomic E-state index is -3.03. The Morgan fingerprint density at radius 1 is 1.29 bits per heavy atom. The van der Waals surface area contributed by atoms with Crippen LogP contribution >= 0.6 is 0 Å². The average Bonchev–Trinajstić information content (AvgIpc) is 3.58. The molecule has 1 fully saturated rings. The first-order valence-corrected chi connectivity index (χ1v) is 10.4. The number of amides is 1. The lowest BCUT2D eigenvalue weighted by Crippen LogP contribution is -2.37. The predicted molar refractivity (Wildman–Crippen MR) is 119 cm³/mol. The first-order chi connectivity index (χ1) is 17.3. The van der Waals surface area contributed by atoms with Crippen molar-refractivity contribution >= 4 is 22.6 Å². The van der Waals surface area contributed by atoms with Crippen molar-refractivity contribution in [3.8, 4) is 0 Å². The van der Waals surface area contributed by atoms with Crippen LogP contribution in [0.1, 0.15) is 63.7 Å². The van der Waals surface area contributed by atoms with E-state index in [1.165, 1.54) is 32.2 Å². The normalized spacial score (nSPS) is 17.1. The number of aromatic nitrogens is 3. The summed E-state index contributed by atoms with van der Waals surface area (Å²) in [4.78, 5) is 34.7. The molecule has 0 spiro atoms. The first kappa shape index (κ1) is 19.9. The van der Waals surface area contributed by atoms with Crippen molar-refractivity contribution in [2.24, 2.45) is 0 Å². The van der Waals surface area contributed by atoms with Crippen LogP contribution in [0.5, 0.6) is 0 Å². The van der Waals surface area contributed by atoms with E-state index >= 15 is 0 Å². The molecule has 1 aliphatic carbocycles. The van der Waals surface area contributed by atoms with E-state index in [1.807, 2.05) is 0 Å². The van der Waals surface area contributed by atoms with E-state index in [2.05, 4.69) is 15.3 Å². The molecule has 1 amide bonds. The molecule has 0 saturated heterocycles. The number of halogens is 4. The lowest BCUT2D eigenvalue weighted by atomic mass is 10.0. The molecule has 7 nitrogen and oxygen atoms in total. The van der Waals surface area contributed by atoms with Gasteiger partial charge in [0.1, 0.15) is 29.7 Å². The van der Waals surface area contributed by atoms with Crippen molar-refractivity contribution in [1.82, 2.24) is 19.9 Å². The molecule has 3 aromatic rings. The van der Waals surface area contributed by atoms with Crippen LogP contribution in [0.3, 0.4) is 0 Å². The molecule has 2 heterocycles. The number of hydrogen-bond acceptors (Lipinski definition) is 5. The summed E-state index contributed by atoms with van der Waals surface area (Å²) in [6.45, 7) is -0.873. The van der Waals surface area contributed by atoms with Crippen LogP contribution in [-0.2, 0) is 5.54 Å². The number of pyridine rings is 1. The molecule has 0 unspecified atom stereocenters. The largest absolute Gasteiger partial charge is 0.363 e. The van der Waals surface area contributed by atoms with Gasteiger partial charge in [0.2, 0.25) is 0 Å². The molecular formula is C23H23F4N5O2. The summed E-state index contributed by atoms with van der Waals surface area (Å²) in [6.07, 6.45) is -1.13. The van der Waals surface area contributed by atoms with Gasteiger partial charge in [-0.05, 0) is 26.7 Å². The van der Waals surface area contributed by atoms with Gasteiger partial charge in [-0.2, -0.15) is 0 Å². The third-order valence-corrected chi connectivity index (χ3v) is 6.03. The van der Waals surface area contributed by atoms with Crippen LogP contribution in [0.4, 0.5) is 23.4 Å². The van der Waals surface area contributed by atoms with Crippen LogP contribution in [0.2, 0.25) is 0 Å². The summed E-state index contributed by atoms with van der Waals surface area (Å²) >= 11 is 0. The number of alkyl halides is 3. The van der Waals surface area contributed by atoms with E-state index in [0.717, 1.165) is 10.6 Å². The van der Waals surface area contributed by atoms with Crippen molar-refractivity contribution in [1.29, 1.82) is 0 Å². The number of carbonyl (C=O) groups excluding carboxylic acids is 1. The Kier molecular flexibility index (Phi) is 5.09. The fourth-order valence-electron chi connectivity index (χ4n) is 3.97. The Morgan fingerprint density at radius 3 is 2.62 bits per heavy atom. The third kappa shape index (κ3) is 3.88. The van der Waals surface area contributed by atoms with E-state index in [-0.39, 0.29) is 28.1 Å². The van der Waals surface area contributed by atoms with E-state index in [0.29, 0.717) is 12.8 Å². The number of hydrogen-bond donors (Lipinski definition) is 2. The van der Waals surface area contributed by atoms with E-state index in [9.17, 15) is 27.2 Å². The van der Waals surface area contributed by atoms with Crippen LogP contribution in [0.25, 0.3) is 10.9 Å². The molecule has 0 radical (unpaired) electrons. The fourth-order valence-corrected chi connectivity index (χ4v) is 3.97. The number of benzene rings is 1. The van der Waals surface area contributed by atoms with E-state index in [1.54, 1.807) is 5.32 Å². The molecule has 180 valence electrons. The number of fused-ring (bicyclic) bond motifs is 1. The zero-order valence-corrected chi connectivity index (χ0v) is 18.3. The first-order valence-electron chi connectivity index (χ1n) is 11.9. The molecule has 1 aliphatic rings. The van der Waals surface area contributed by atoms with Gasteiger partial charge in [0.05, 0.1) is 28.0 Å².